The van der Waals surface area contributed by atoms with Gasteiger partial charge in [-0.05, 0) is 46.0 Å². The predicted molar refractivity (Wildman–Crippen MR) is 85.4 cm³/mol. The Morgan fingerprint density at radius 2 is 1.86 bits per heavy atom. The van der Waals surface area contributed by atoms with Crippen LogP contribution in [0.15, 0.2) is 0 Å². The third-order valence-electron chi connectivity index (χ3n) is 4.64. The van der Waals surface area contributed by atoms with Gasteiger partial charge in [-0.1, -0.05) is 26.2 Å². The number of nitrogens with zero attached hydrogens (tertiary/aromatic N) is 1. The highest BCUT2D eigenvalue weighted by Crippen LogP contribution is 2.28. The molecule has 1 saturated heterocycles. The summed E-state index contributed by atoms with van der Waals surface area (Å²) in [5.41, 5.74) is -0.399. The van der Waals surface area contributed by atoms with E-state index in [1.807, 2.05) is 20.8 Å². The van der Waals surface area contributed by atoms with Crippen LogP contribution in [0.4, 0.5) is 4.79 Å². The highest BCUT2D eigenvalue weighted by molar-refractivity contribution is 5.69. The van der Waals surface area contributed by atoms with Crippen molar-refractivity contribution in [1.29, 1.82) is 0 Å². The topological polar surface area (TPSA) is 41.6 Å². The maximum atomic E-state index is 11.9. The first kappa shape index (κ1) is 16.6. The van der Waals surface area contributed by atoms with Crippen LogP contribution in [0.5, 0.6) is 0 Å². The Labute approximate surface area is 129 Å². The highest BCUT2D eigenvalue weighted by Gasteiger charge is 2.35. The van der Waals surface area contributed by atoms with Crippen LogP contribution < -0.4 is 5.32 Å². The lowest BCUT2D eigenvalue weighted by atomic mass is 9.82. The number of hydrogen-bond acceptors (Lipinski definition) is 3. The van der Waals surface area contributed by atoms with Crippen molar-refractivity contribution < 1.29 is 9.53 Å². The number of hydrogen-bond donors (Lipinski definition) is 1. The van der Waals surface area contributed by atoms with E-state index in [0.717, 1.165) is 19.0 Å². The van der Waals surface area contributed by atoms with Crippen molar-refractivity contribution >= 4 is 6.09 Å². The molecule has 0 aromatic rings. The summed E-state index contributed by atoms with van der Waals surface area (Å²) in [6.07, 6.45) is 7.93. The lowest BCUT2D eigenvalue weighted by Crippen LogP contribution is -2.63. The molecule has 1 atom stereocenters. The zero-order valence-electron chi connectivity index (χ0n) is 14.2. The van der Waals surface area contributed by atoms with Crippen LogP contribution >= 0.6 is 0 Å². The van der Waals surface area contributed by atoms with Gasteiger partial charge in [0.1, 0.15) is 5.60 Å². The van der Waals surface area contributed by atoms with E-state index in [1.165, 1.54) is 38.5 Å². The van der Waals surface area contributed by atoms with Crippen molar-refractivity contribution in [2.45, 2.75) is 83.9 Å². The van der Waals surface area contributed by atoms with Gasteiger partial charge in [-0.2, -0.15) is 0 Å². The molecule has 2 fully saturated rings. The lowest BCUT2D eigenvalue weighted by molar-refractivity contribution is 0.00289. The van der Waals surface area contributed by atoms with Gasteiger partial charge < -0.3 is 15.0 Å². The number of ether oxygens (including phenoxy) is 1. The van der Waals surface area contributed by atoms with Crippen LogP contribution in [0.1, 0.15) is 66.2 Å². The molecule has 1 unspecified atom stereocenters. The molecule has 1 N–H and O–H groups in total. The first-order valence-corrected chi connectivity index (χ1v) is 8.63. The van der Waals surface area contributed by atoms with Crippen molar-refractivity contribution in [2.75, 3.05) is 13.1 Å². The number of carbonyl (C=O) groups excluding carboxylic acids is 1. The van der Waals surface area contributed by atoms with Gasteiger partial charge in [-0.15, -0.1) is 0 Å². The average molecular weight is 296 g/mol. The van der Waals surface area contributed by atoms with Gasteiger partial charge in [0.2, 0.25) is 0 Å². The number of nitrogens with one attached hydrogen (secondary N) is 1. The molecule has 21 heavy (non-hydrogen) atoms. The summed E-state index contributed by atoms with van der Waals surface area (Å²) in [6, 6.07) is 1.07. The molecule has 2 aliphatic rings. The Kier molecular flexibility index (Phi) is 5.53. The van der Waals surface area contributed by atoms with Crippen molar-refractivity contribution in [1.82, 2.24) is 10.2 Å². The van der Waals surface area contributed by atoms with Crippen molar-refractivity contribution in [3.63, 3.8) is 0 Å². The maximum Gasteiger partial charge on any atom is 0.410 e. The fourth-order valence-electron chi connectivity index (χ4n) is 3.49. The molecule has 0 radical (unpaired) electrons. The molecule has 4 heteroatoms. The summed E-state index contributed by atoms with van der Waals surface area (Å²) in [6.45, 7) is 9.59. The molecule has 1 saturated carbocycles. The van der Waals surface area contributed by atoms with Crippen LogP contribution in [0.2, 0.25) is 0 Å². The fourth-order valence-corrected chi connectivity index (χ4v) is 3.49. The van der Waals surface area contributed by atoms with Crippen molar-refractivity contribution in [2.24, 2.45) is 5.92 Å². The second kappa shape index (κ2) is 6.99. The number of amides is 1. The normalized spacial score (nSPS) is 22.8. The van der Waals surface area contributed by atoms with Crippen LogP contribution in [0, 0.1) is 5.92 Å². The third-order valence-corrected chi connectivity index (χ3v) is 4.64. The Balaban J connectivity index is 1.72. The molecule has 1 aliphatic heterocycles. The van der Waals surface area contributed by atoms with E-state index in [2.05, 4.69) is 12.2 Å². The minimum absolute atomic E-state index is 0.175. The van der Waals surface area contributed by atoms with Crippen molar-refractivity contribution in [3.05, 3.63) is 0 Å². The number of carbonyl (C=O) groups is 1. The van der Waals surface area contributed by atoms with Gasteiger partial charge in [0.15, 0.2) is 0 Å². The molecular weight excluding hydrogens is 264 g/mol. The van der Waals surface area contributed by atoms with Gasteiger partial charge in [0.05, 0.1) is 0 Å². The van der Waals surface area contributed by atoms with E-state index < -0.39 is 5.60 Å². The molecule has 0 spiro atoms. The van der Waals surface area contributed by atoms with E-state index in [9.17, 15) is 4.79 Å². The molecule has 0 aromatic heterocycles. The summed E-state index contributed by atoms with van der Waals surface area (Å²) in [5.74, 6) is 0.833. The zero-order chi connectivity index (χ0) is 15.5. The van der Waals surface area contributed by atoms with Gasteiger partial charge in [0.25, 0.3) is 0 Å². The van der Waals surface area contributed by atoms with Gasteiger partial charge in [-0.3, -0.25) is 0 Å². The maximum absolute atomic E-state index is 11.9. The SMILES string of the molecule is CCC(NC1CN(C(=O)OC(C)(C)C)C1)C1CCCCC1. The Morgan fingerprint density at radius 1 is 1.24 bits per heavy atom. The van der Waals surface area contributed by atoms with Crippen LogP contribution in [-0.2, 0) is 4.74 Å². The summed E-state index contributed by atoms with van der Waals surface area (Å²) in [5, 5.41) is 3.77. The molecule has 0 aromatic carbocycles. The molecule has 0 bridgehead atoms. The van der Waals surface area contributed by atoms with Gasteiger partial charge >= 0.3 is 6.09 Å². The minimum Gasteiger partial charge on any atom is -0.444 e. The standard InChI is InChI=1S/C17H32N2O2/c1-5-15(13-9-7-6-8-10-13)18-14-11-19(12-14)16(20)21-17(2,3)4/h13-15,18H,5-12H2,1-4H3. The monoisotopic (exact) mass is 296 g/mol. The molecule has 4 nitrogen and oxygen atoms in total. The summed E-state index contributed by atoms with van der Waals surface area (Å²) >= 11 is 0. The minimum atomic E-state index is -0.399. The summed E-state index contributed by atoms with van der Waals surface area (Å²) < 4.78 is 5.40. The zero-order valence-corrected chi connectivity index (χ0v) is 14.2. The summed E-state index contributed by atoms with van der Waals surface area (Å²) in [7, 11) is 0. The fraction of sp³-hybridized carbons (Fsp3) is 0.941. The Bertz CT molecular complexity index is 339. The molecular formula is C17H32N2O2. The smallest absolute Gasteiger partial charge is 0.410 e. The first-order valence-electron chi connectivity index (χ1n) is 8.63. The number of rotatable bonds is 4. The van der Waals surface area contributed by atoms with Gasteiger partial charge in [0, 0.05) is 25.2 Å². The first-order chi connectivity index (χ1) is 9.89. The molecule has 122 valence electrons. The highest BCUT2D eigenvalue weighted by atomic mass is 16.6. The van der Waals surface area contributed by atoms with Crippen molar-refractivity contribution in [3.8, 4) is 0 Å². The van der Waals surface area contributed by atoms with E-state index >= 15 is 0 Å². The molecule has 1 aliphatic carbocycles. The van der Waals surface area contributed by atoms with E-state index in [1.54, 1.807) is 4.90 Å². The lowest BCUT2D eigenvalue weighted by Gasteiger charge is -2.43. The van der Waals surface area contributed by atoms with Crippen LogP contribution in [-0.4, -0.2) is 41.8 Å². The third kappa shape index (κ3) is 4.87. The van der Waals surface area contributed by atoms with Crippen LogP contribution in [0.25, 0.3) is 0 Å². The quantitative estimate of drug-likeness (QED) is 0.862. The van der Waals surface area contributed by atoms with Crippen LogP contribution in [0.3, 0.4) is 0 Å². The van der Waals surface area contributed by atoms with E-state index in [0.29, 0.717) is 12.1 Å². The Hall–Kier alpha value is -0.770. The summed E-state index contributed by atoms with van der Waals surface area (Å²) in [4.78, 5) is 13.7. The van der Waals surface area contributed by atoms with Gasteiger partial charge in [-0.25, -0.2) is 4.79 Å². The molecule has 1 amide bonds. The Morgan fingerprint density at radius 3 is 2.38 bits per heavy atom. The largest absolute Gasteiger partial charge is 0.444 e. The van der Waals surface area contributed by atoms with E-state index in [-0.39, 0.29) is 6.09 Å². The number of likely N-dealkylation sites (tertiary alicyclic amines) is 1. The second-order valence-corrected chi connectivity index (χ2v) is 7.66. The molecule has 2 rings (SSSR count). The second-order valence-electron chi connectivity index (χ2n) is 7.66. The molecule has 1 heterocycles. The van der Waals surface area contributed by atoms with E-state index in [4.69, 9.17) is 4.74 Å². The average Bonchev–Trinajstić information content (AvgIpc) is 2.36. The predicted octanol–water partition coefficient (Wildman–Crippen LogP) is 3.55.